The highest BCUT2D eigenvalue weighted by Crippen LogP contribution is 2.24. The predicted molar refractivity (Wildman–Crippen MR) is 73.0 cm³/mol. The maximum absolute atomic E-state index is 9.11. The summed E-state index contributed by atoms with van der Waals surface area (Å²) in [6.07, 6.45) is 1.69. The average molecular weight is 239 g/mol. The molecule has 2 heteroatoms. The summed E-state index contributed by atoms with van der Waals surface area (Å²) in [7, 11) is 0. The van der Waals surface area contributed by atoms with Crippen molar-refractivity contribution < 1.29 is 4.11 Å². The number of benzene rings is 1. The minimum absolute atomic E-state index is 0.313. The summed E-state index contributed by atoms with van der Waals surface area (Å²) >= 11 is 0. The lowest BCUT2D eigenvalue weighted by Gasteiger charge is -2.15. The molecular weight excluding hydrogens is 220 g/mol. The monoisotopic (exact) mass is 239 g/mol. The first-order valence-corrected chi connectivity index (χ1v) is 5.73. The van der Waals surface area contributed by atoms with Crippen molar-refractivity contribution >= 4 is 0 Å². The topological polar surface area (TPSA) is 36.7 Å². The number of nitriles is 1. The quantitative estimate of drug-likeness (QED) is 0.798. The van der Waals surface area contributed by atoms with Gasteiger partial charge in [0.2, 0.25) is 0 Å². The molecule has 1 heterocycles. The molecule has 2 aromatic rings. The van der Waals surface area contributed by atoms with Gasteiger partial charge in [-0.1, -0.05) is 35.9 Å². The number of nitrogens with zero attached hydrogens (tertiary/aromatic N) is 2. The van der Waals surface area contributed by atoms with Crippen LogP contribution in [-0.4, -0.2) is 4.98 Å². The molecule has 1 aromatic heterocycles. The van der Waals surface area contributed by atoms with Crippen LogP contribution in [0.1, 0.15) is 29.1 Å². The number of pyridine rings is 1. The third kappa shape index (κ3) is 2.41. The molecule has 0 unspecified atom stereocenters. The van der Waals surface area contributed by atoms with Crippen molar-refractivity contribution in [2.75, 3.05) is 0 Å². The number of hydrogen-bond donors (Lipinski definition) is 0. The van der Waals surface area contributed by atoms with Crippen molar-refractivity contribution in [3.63, 3.8) is 0 Å². The SMILES string of the molecule is [2H]C([2H])([2H])c1ccc(-c2ccc(C(C)(C)C#N)cn2)cc1. The Bertz CT molecular complexity index is 663. The Hall–Kier alpha value is -2.14. The number of aryl methyl sites for hydroxylation is 1. The number of rotatable bonds is 2. The molecule has 0 radical (unpaired) electrons. The molecule has 0 fully saturated rings. The van der Waals surface area contributed by atoms with Gasteiger partial charge in [-0.25, -0.2) is 0 Å². The van der Waals surface area contributed by atoms with Crippen molar-refractivity contribution in [3.05, 3.63) is 53.7 Å². The van der Waals surface area contributed by atoms with Crippen LogP contribution < -0.4 is 0 Å². The highest BCUT2D eigenvalue weighted by atomic mass is 14.7. The zero-order valence-corrected chi connectivity index (χ0v) is 10.4. The maximum atomic E-state index is 9.11. The van der Waals surface area contributed by atoms with Crippen LogP contribution in [0.3, 0.4) is 0 Å². The Morgan fingerprint density at radius 3 is 2.39 bits per heavy atom. The molecule has 90 valence electrons. The minimum atomic E-state index is -2.09. The van der Waals surface area contributed by atoms with E-state index in [-0.39, 0.29) is 0 Å². The second-order valence-corrected chi connectivity index (χ2v) is 4.75. The Balaban J connectivity index is 2.30. The van der Waals surface area contributed by atoms with Gasteiger partial charge in [-0.15, -0.1) is 0 Å². The maximum Gasteiger partial charge on any atom is 0.0781 e. The second-order valence-electron chi connectivity index (χ2n) is 4.75. The van der Waals surface area contributed by atoms with E-state index in [1.54, 1.807) is 30.5 Å². The van der Waals surface area contributed by atoms with Crippen LogP contribution in [0.4, 0.5) is 0 Å². The van der Waals surface area contributed by atoms with Gasteiger partial charge in [-0.2, -0.15) is 5.26 Å². The van der Waals surface area contributed by atoms with Gasteiger partial charge in [0.05, 0.1) is 17.2 Å². The number of aromatic nitrogens is 1. The fourth-order valence-corrected chi connectivity index (χ4v) is 1.64. The zero-order chi connectivity index (χ0) is 15.7. The molecule has 0 aliphatic rings. The van der Waals surface area contributed by atoms with E-state index < -0.39 is 12.3 Å². The first kappa shape index (κ1) is 8.88. The highest BCUT2D eigenvalue weighted by Gasteiger charge is 2.19. The van der Waals surface area contributed by atoms with E-state index in [0.29, 0.717) is 5.56 Å². The molecule has 2 nitrogen and oxygen atoms in total. The summed E-state index contributed by atoms with van der Waals surface area (Å²) in [5.41, 5.74) is 2.20. The van der Waals surface area contributed by atoms with E-state index in [9.17, 15) is 0 Å². The number of hydrogen-bond acceptors (Lipinski definition) is 2. The smallest absolute Gasteiger partial charge is 0.0781 e. The molecule has 0 bridgehead atoms. The molecule has 0 aliphatic heterocycles. The second kappa shape index (κ2) is 4.62. The lowest BCUT2D eigenvalue weighted by molar-refractivity contribution is 0.683. The van der Waals surface area contributed by atoms with Crippen molar-refractivity contribution in [1.82, 2.24) is 4.98 Å². The average Bonchev–Trinajstić information content (AvgIpc) is 2.47. The summed E-state index contributed by atoms with van der Waals surface area (Å²) in [5.74, 6) is 0. The lowest BCUT2D eigenvalue weighted by atomic mass is 9.87. The van der Waals surface area contributed by atoms with Crippen molar-refractivity contribution in [2.45, 2.75) is 26.1 Å². The Labute approximate surface area is 112 Å². The van der Waals surface area contributed by atoms with Gasteiger partial charge in [-0.3, -0.25) is 4.98 Å². The van der Waals surface area contributed by atoms with Crippen LogP contribution in [0.15, 0.2) is 42.6 Å². The molecule has 0 saturated carbocycles. The van der Waals surface area contributed by atoms with Gasteiger partial charge < -0.3 is 0 Å². The fourth-order valence-electron chi connectivity index (χ4n) is 1.64. The van der Waals surface area contributed by atoms with Crippen molar-refractivity contribution in [1.29, 1.82) is 5.26 Å². The molecule has 0 amide bonds. The molecule has 0 spiro atoms. The summed E-state index contributed by atoms with van der Waals surface area (Å²) < 4.78 is 22.1. The van der Waals surface area contributed by atoms with Crippen LogP contribution in [-0.2, 0) is 5.41 Å². The molecule has 1 aromatic carbocycles. The molecule has 0 aliphatic carbocycles. The van der Waals surface area contributed by atoms with E-state index >= 15 is 0 Å². The van der Waals surface area contributed by atoms with Gasteiger partial charge in [-0.05, 0) is 32.3 Å². The first-order valence-electron chi connectivity index (χ1n) is 7.23. The molecule has 0 saturated heterocycles. The lowest BCUT2D eigenvalue weighted by Crippen LogP contribution is -2.13. The summed E-state index contributed by atoms with van der Waals surface area (Å²) in [6.45, 7) is 1.59. The summed E-state index contributed by atoms with van der Waals surface area (Å²) in [6, 6.07) is 12.6. The van der Waals surface area contributed by atoms with Crippen LogP contribution in [0.5, 0.6) is 0 Å². The van der Waals surface area contributed by atoms with E-state index in [2.05, 4.69) is 11.1 Å². The van der Waals surface area contributed by atoms with Gasteiger partial charge in [0.25, 0.3) is 0 Å². The van der Waals surface area contributed by atoms with Gasteiger partial charge in [0, 0.05) is 15.9 Å². The summed E-state index contributed by atoms with van der Waals surface area (Å²) in [5, 5.41) is 9.11. The van der Waals surface area contributed by atoms with Crippen LogP contribution in [0.25, 0.3) is 11.3 Å². The standard InChI is InChI=1S/C16H16N2/c1-12-4-6-13(7-5-12)15-9-8-14(10-18-15)16(2,3)11-17/h4-10H,1-3H3/i1D3. The van der Waals surface area contributed by atoms with E-state index in [4.69, 9.17) is 9.37 Å². The van der Waals surface area contributed by atoms with E-state index in [1.165, 1.54) is 0 Å². The van der Waals surface area contributed by atoms with E-state index in [0.717, 1.165) is 16.8 Å². The molecule has 18 heavy (non-hydrogen) atoms. The molecule has 2 rings (SSSR count). The van der Waals surface area contributed by atoms with Gasteiger partial charge in [0.15, 0.2) is 0 Å². The van der Waals surface area contributed by atoms with Crippen LogP contribution in [0.2, 0.25) is 0 Å². The Morgan fingerprint density at radius 1 is 1.17 bits per heavy atom. The van der Waals surface area contributed by atoms with E-state index in [1.807, 2.05) is 26.0 Å². The third-order valence-electron chi connectivity index (χ3n) is 2.95. The van der Waals surface area contributed by atoms with Gasteiger partial charge in [0.1, 0.15) is 0 Å². The highest BCUT2D eigenvalue weighted by molar-refractivity contribution is 5.59. The Morgan fingerprint density at radius 2 is 1.89 bits per heavy atom. The first-order chi connectivity index (χ1) is 9.74. The third-order valence-corrected chi connectivity index (χ3v) is 2.95. The zero-order valence-electron chi connectivity index (χ0n) is 13.4. The largest absolute Gasteiger partial charge is 0.256 e. The van der Waals surface area contributed by atoms with Gasteiger partial charge >= 0.3 is 0 Å². The van der Waals surface area contributed by atoms with Crippen molar-refractivity contribution in [3.8, 4) is 17.3 Å². The molecule has 0 N–H and O–H groups in total. The Kier molecular flexibility index (Phi) is 2.28. The fraction of sp³-hybridized carbons (Fsp3) is 0.250. The summed E-state index contributed by atoms with van der Waals surface area (Å²) in [4.78, 5) is 4.36. The molecule has 0 atom stereocenters. The van der Waals surface area contributed by atoms with Crippen molar-refractivity contribution in [2.24, 2.45) is 0 Å². The van der Waals surface area contributed by atoms with Crippen LogP contribution in [0, 0.1) is 18.2 Å². The minimum Gasteiger partial charge on any atom is -0.256 e. The normalized spacial score (nSPS) is 14.2. The van der Waals surface area contributed by atoms with Crippen LogP contribution >= 0.6 is 0 Å². The molecular formula is C16H16N2. The predicted octanol–water partition coefficient (Wildman–Crippen LogP) is 3.86.